The summed E-state index contributed by atoms with van der Waals surface area (Å²) in [5.74, 6) is 0.863. The van der Waals surface area contributed by atoms with Gasteiger partial charge in [0.15, 0.2) is 0 Å². The lowest BCUT2D eigenvalue weighted by molar-refractivity contribution is 0.0951. The number of hydrogen-bond acceptors (Lipinski definition) is 3. The fraction of sp³-hybridized carbons (Fsp3) is 0.312. The summed E-state index contributed by atoms with van der Waals surface area (Å²) in [5, 5.41) is 2.83. The highest BCUT2D eigenvalue weighted by Crippen LogP contribution is 2.11. The zero-order valence-corrected chi connectivity index (χ0v) is 11.9. The molecule has 2 rings (SSSR count). The van der Waals surface area contributed by atoms with Crippen LogP contribution in [0, 0.1) is 12.7 Å². The molecule has 4 nitrogen and oxygen atoms in total. The Hall–Kier alpha value is -2.30. The molecule has 5 heteroatoms. The first-order valence-electron chi connectivity index (χ1n) is 6.87. The average Bonchev–Trinajstić information content (AvgIpc) is 2.90. The first-order chi connectivity index (χ1) is 10.2. The maximum atomic E-state index is 12.7. The van der Waals surface area contributed by atoms with Crippen molar-refractivity contribution < 1.29 is 18.3 Å². The van der Waals surface area contributed by atoms with Crippen LogP contribution in [0.1, 0.15) is 29.0 Å². The smallest absolute Gasteiger partial charge is 0.254 e. The van der Waals surface area contributed by atoms with Crippen molar-refractivity contribution in [1.82, 2.24) is 5.32 Å². The Morgan fingerprint density at radius 2 is 2.00 bits per heavy atom. The fourth-order valence-electron chi connectivity index (χ4n) is 1.87. The minimum Gasteiger partial charge on any atom is -0.494 e. The van der Waals surface area contributed by atoms with E-state index in [4.69, 9.17) is 9.15 Å². The Morgan fingerprint density at radius 1 is 1.24 bits per heavy atom. The molecule has 1 N–H and O–H groups in total. The Kier molecular flexibility index (Phi) is 5.37. The number of ether oxygens (including phenoxy) is 1. The standard InChI is InChI=1S/C16H18FNO3/c1-12-15(8-11-20-12)16(19)18-9-2-3-10-21-14-6-4-13(17)5-7-14/h4-8,11H,2-3,9-10H2,1H3,(H,18,19). The topological polar surface area (TPSA) is 51.5 Å². The van der Waals surface area contributed by atoms with Crippen molar-refractivity contribution in [3.05, 3.63) is 53.7 Å². The van der Waals surface area contributed by atoms with Crippen LogP contribution in [0.3, 0.4) is 0 Å². The summed E-state index contributed by atoms with van der Waals surface area (Å²) in [7, 11) is 0. The quantitative estimate of drug-likeness (QED) is 0.796. The summed E-state index contributed by atoms with van der Waals surface area (Å²) in [4.78, 5) is 11.8. The van der Waals surface area contributed by atoms with E-state index >= 15 is 0 Å². The van der Waals surface area contributed by atoms with E-state index in [-0.39, 0.29) is 11.7 Å². The van der Waals surface area contributed by atoms with Gasteiger partial charge in [0.05, 0.1) is 18.4 Å². The summed E-state index contributed by atoms with van der Waals surface area (Å²) >= 11 is 0. The SMILES string of the molecule is Cc1occc1C(=O)NCCCCOc1ccc(F)cc1. The van der Waals surface area contributed by atoms with Crippen molar-refractivity contribution in [2.24, 2.45) is 0 Å². The number of carbonyl (C=O) groups excluding carboxylic acids is 1. The molecule has 0 aliphatic heterocycles. The summed E-state index contributed by atoms with van der Waals surface area (Å²) in [6.07, 6.45) is 3.12. The van der Waals surface area contributed by atoms with Gasteiger partial charge in [-0.25, -0.2) is 4.39 Å². The van der Waals surface area contributed by atoms with Gasteiger partial charge in [-0.1, -0.05) is 0 Å². The lowest BCUT2D eigenvalue weighted by Crippen LogP contribution is -2.24. The predicted molar refractivity (Wildman–Crippen MR) is 76.9 cm³/mol. The molecule has 0 saturated heterocycles. The molecular formula is C16H18FNO3. The highest BCUT2D eigenvalue weighted by molar-refractivity contribution is 5.94. The van der Waals surface area contributed by atoms with Crippen LogP contribution >= 0.6 is 0 Å². The van der Waals surface area contributed by atoms with Crippen LogP contribution in [-0.2, 0) is 0 Å². The van der Waals surface area contributed by atoms with Gasteiger partial charge in [-0.2, -0.15) is 0 Å². The number of benzene rings is 1. The number of rotatable bonds is 7. The van der Waals surface area contributed by atoms with Crippen LogP contribution in [0.5, 0.6) is 5.75 Å². The number of amides is 1. The number of nitrogens with one attached hydrogen (secondary N) is 1. The minimum absolute atomic E-state index is 0.124. The van der Waals surface area contributed by atoms with Gasteiger partial charge in [0.2, 0.25) is 0 Å². The van der Waals surface area contributed by atoms with Gasteiger partial charge in [-0.15, -0.1) is 0 Å². The molecule has 21 heavy (non-hydrogen) atoms. The van der Waals surface area contributed by atoms with Gasteiger partial charge in [0, 0.05) is 6.54 Å². The highest BCUT2D eigenvalue weighted by Gasteiger charge is 2.09. The van der Waals surface area contributed by atoms with E-state index in [0.717, 1.165) is 12.8 Å². The van der Waals surface area contributed by atoms with Crippen molar-refractivity contribution in [1.29, 1.82) is 0 Å². The fourth-order valence-corrected chi connectivity index (χ4v) is 1.87. The summed E-state index contributed by atoms with van der Waals surface area (Å²) < 4.78 is 23.2. The van der Waals surface area contributed by atoms with Gasteiger partial charge < -0.3 is 14.5 Å². The molecular weight excluding hydrogens is 273 g/mol. The predicted octanol–water partition coefficient (Wildman–Crippen LogP) is 3.32. The first-order valence-corrected chi connectivity index (χ1v) is 6.87. The van der Waals surface area contributed by atoms with Gasteiger partial charge in [-0.3, -0.25) is 4.79 Å². The Bertz CT molecular complexity index is 577. The molecule has 0 spiro atoms. The lowest BCUT2D eigenvalue weighted by atomic mass is 10.2. The monoisotopic (exact) mass is 291 g/mol. The summed E-state index contributed by atoms with van der Waals surface area (Å²) in [5.41, 5.74) is 0.567. The van der Waals surface area contributed by atoms with E-state index in [1.807, 2.05) is 0 Å². The van der Waals surface area contributed by atoms with Gasteiger partial charge in [0.1, 0.15) is 17.3 Å². The zero-order valence-electron chi connectivity index (χ0n) is 11.9. The van der Waals surface area contributed by atoms with Crippen molar-refractivity contribution in [3.8, 4) is 5.75 Å². The number of hydrogen-bond donors (Lipinski definition) is 1. The van der Waals surface area contributed by atoms with Crippen LogP contribution in [-0.4, -0.2) is 19.1 Å². The Balaban J connectivity index is 1.59. The Labute approximate surface area is 122 Å². The zero-order chi connectivity index (χ0) is 15.1. The maximum Gasteiger partial charge on any atom is 0.254 e. The molecule has 1 aromatic heterocycles. The third kappa shape index (κ3) is 4.63. The third-order valence-electron chi connectivity index (χ3n) is 3.04. The van der Waals surface area contributed by atoms with Crippen LogP contribution in [0.15, 0.2) is 41.0 Å². The number of halogens is 1. The van der Waals surface area contributed by atoms with Crippen molar-refractivity contribution >= 4 is 5.91 Å². The van der Waals surface area contributed by atoms with Crippen LogP contribution in [0.2, 0.25) is 0 Å². The minimum atomic E-state index is -0.278. The molecule has 0 atom stereocenters. The van der Waals surface area contributed by atoms with Gasteiger partial charge in [-0.05, 0) is 50.1 Å². The van der Waals surface area contributed by atoms with E-state index in [1.165, 1.54) is 18.4 Å². The second kappa shape index (κ2) is 7.47. The summed E-state index contributed by atoms with van der Waals surface area (Å²) in [6.45, 7) is 2.87. The second-order valence-electron chi connectivity index (χ2n) is 4.66. The number of unbranched alkanes of at least 4 members (excludes halogenated alkanes) is 1. The molecule has 1 aromatic carbocycles. The molecule has 0 aliphatic carbocycles. The molecule has 112 valence electrons. The average molecular weight is 291 g/mol. The molecule has 0 aliphatic rings. The number of aryl methyl sites for hydroxylation is 1. The summed E-state index contributed by atoms with van der Waals surface area (Å²) in [6, 6.07) is 7.57. The number of carbonyl (C=O) groups is 1. The Morgan fingerprint density at radius 3 is 2.67 bits per heavy atom. The molecule has 1 amide bonds. The van der Waals surface area contributed by atoms with Crippen molar-refractivity contribution in [2.75, 3.05) is 13.2 Å². The van der Waals surface area contributed by atoms with Crippen molar-refractivity contribution in [2.45, 2.75) is 19.8 Å². The van der Waals surface area contributed by atoms with Gasteiger partial charge in [0.25, 0.3) is 5.91 Å². The molecule has 1 heterocycles. The molecule has 0 radical (unpaired) electrons. The maximum absolute atomic E-state index is 12.7. The van der Waals surface area contributed by atoms with E-state index in [0.29, 0.717) is 30.2 Å². The molecule has 2 aromatic rings. The molecule has 0 bridgehead atoms. The van der Waals surface area contributed by atoms with Gasteiger partial charge >= 0.3 is 0 Å². The van der Waals surface area contributed by atoms with Crippen LogP contribution in [0.25, 0.3) is 0 Å². The van der Waals surface area contributed by atoms with E-state index in [2.05, 4.69) is 5.32 Å². The van der Waals surface area contributed by atoms with Crippen LogP contribution in [0.4, 0.5) is 4.39 Å². The highest BCUT2D eigenvalue weighted by atomic mass is 19.1. The molecule has 0 saturated carbocycles. The van der Waals surface area contributed by atoms with Crippen molar-refractivity contribution in [3.63, 3.8) is 0 Å². The normalized spacial score (nSPS) is 10.4. The first kappa shape index (κ1) is 15.1. The lowest BCUT2D eigenvalue weighted by Gasteiger charge is -2.07. The van der Waals surface area contributed by atoms with E-state index in [1.54, 1.807) is 25.1 Å². The second-order valence-corrected chi connectivity index (χ2v) is 4.66. The van der Waals surface area contributed by atoms with E-state index in [9.17, 15) is 9.18 Å². The van der Waals surface area contributed by atoms with E-state index < -0.39 is 0 Å². The molecule has 0 unspecified atom stereocenters. The number of furan rings is 1. The van der Waals surface area contributed by atoms with Crippen LogP contribution < -0.4 is 10.1 Å². The largest absolute Gasteiger partial charge is 0.494 e. The molecule has 0 fully saturated rings. The third-order valence-corrected chi connectivity index (χ3v) is 3.04.